The van der Waals surface area contributed by atoms with Crippen LogP contribution < -0.4 is 0 Å². The van der Waals surface area contributed by atoms with Crippen LogP contribution in [0, 0.1) is 11.8 Å². The lowest BCUT2D eigenvalue weighted by Crippen LogP contribution is -2.52. The molecule has 2 heterocycles. The number of hydrogen-bond acceptors (Lipinski definition) is 5. The van der Waals surface area contributed by atoms with E-state index in [2.05, 4.69) is 16.8 Å². The average Bonchev–Trinajstić information content (AvgIpc) is 2.53. The van der Waals surface area contributed by atoms with Gasteiger partial charge in [-0.2, -0.15) is 0 Å². The van der Waals surface area contributed by atoms with Crippen LogP contribution in [0.5, 0.6) is 0 Å². The van der Waals surface area contributed by atoms with Gasteiger partial charge in [-0.25, -0.2) is 4.98 Å². The third-order valence-corrected chi connectivity index (χ3v) is 3.28. The zero-order valence-electron chi connectivity index (χ0n) is 11.8. The molecule has 1 aromatic rings. The summed E-state index contributed by atoms with van der Waals surface area (Å²) >= 11 is 0. The van der Waals surface area contributed by atoms with Gasteiger partial charge in [0, 0.05) is 12.7 Å². The number of hydrogen-bond donors (Lipinski definition) is 2. The highest BCUT2D eigenvalue weighted by atomic mass is 16.5. The van der Waals surface area contributed by atoms with Gasteiger partial charge in [0.1, 0.15) is 12.3 Å². The molecule has 1 amide bonds. The van der Waals surface area contributed by atoms with Crippen molar-refractivity contribution in [1.29, 1.82) is 0 Å². The van der Waals surface area contributed by atoms with Crippen molar-refractivity contribution < 1.29 is 19.7 Å². The Hall–Kier alpha value is -1.94. The minimum absolute atomic E-state index is 0.0963. The number of carbonyl (C=O) groups is 1. The van der Waals surface area contributed by atoms with Crippen LogP contribution in [0.1, 0.15) is 23.0 Å². The molecule has 2 N–H and O–H groups in total. The van der Waals surface area contributed by atoms with E-state index in [1.54, 1.807) is 17.0 Å². The Morgan fingerprint density at radius 2 is 2.38 bits per heavy atom. The number of ether oxygens (including phenoxy) is 1. The maximum Gasteiger partial charge on any atom is 0.274 e. The van der Waals surface area contributed by atoms with Crippen molar-refractivity contribution in [1.82, 2.24) is 9.88 Å². The highest BCUT2D eigenvalue weighted by Crippen LogP contribution is 2.16. The quantitative estimate of drug-likeness (QED) is 0.727. The summed E-state index contributed by atoms with van der Waals surface area (Å²) in [4.78, 5) is 18.4. The summed E-state index contributed by atoms with van der Waals surface area (Å²) < 4.78 is 5.43. The standard InChI is InChI=1S/C15H18N2O4/c1-11-10-21-13(9-19)8-17(11)15(20)14-12(5-3-7-18)4-2-6-16-14/h2,4,6,11,13,18-19H,7-10H2,1H3. The minimum Gasteiger partial charge on any atom is -0.394 e. The number of aliphatic hydroxyl groups excluding tert-OH is 2. The van der Waals surface area contributed by atoms with E-state index in [0.717, 1.165) is 0 Å². The number of morpholine rings is 1. The average molecular weight is 290 g/mol. The molecule has 0 spiro atoms. The summed E-state index contributed by atoms with van der Waals surface area (Å²) in [6, 6.07) is 3.29. The number of amides is 1. The molecule has 6 nitrogen and oxygen atoms in total. The van der Waals surface area contributed by atoms with Crippen LogP contribution >= 0.6 is 0 Å². The van der Waals surface area contributed by atoms with Crippen molar-refractivity contribution in [2.45, 2.75) is 19.1 Å². The van der Waals surface area contributed by atoms with Crippen molar-refractivity contribution in [2.75, 3.05) is 26.4 Å². The lowest BCUT2D eigenvalue weighted by atomic mass is 10.1. The fraction of sp³-hybridized carbons (Fsp3) is 0.467. The zero-order valence-corrected chi connectivity index (χ0v) is 11.8. The second-order valence-electron chi connectivity index (χ2n) is 4.80. The van der Waals surface area contributed by atoms with E-state index in [9.17, 15) is 9.90 Å². The number of aliphatic hydroxyl groups is 2. The van der Waals surface area contributed by atoms with Gasteiger partial charge in [0.05, 0.1) is 30.9 Å². The summed E-state index contributed by atoms with van der Waals surface area (Å²) in [6.45, 7) is 2.17. The predicted octanol–water partition coefficient (Wildman–Crippen LogP) is -0.353. The van der Waals surface area contributed by atoms with Crippen LogP contribution in [-0.2, 0) is 4.74 Å². The fourth-order valence-electron chi connectivity index (χ4n) is 2.16. The number of carbonyl (C=O) groups excluding carboxylic acids is 1. The van der Waals surface area contributed by atoms with Crippen molar-refractivity contribution >= 4 is 5.91 Å². The van der Waals surface area contributed by atoms with Gasteiger partial charge in [-0.3, -0.25) is 4.79 Å². The SMILES string of the molecule is CC1COC(CO)CN1C(=O)c1ncccc1C#CCO. The van der Waals surface area contributed by atoms with E-state index in [0.29, 0.717) is 18.7 Å². The van der Waals surface area contributed by atoms with E-state index in [1.807, 2.05) is 6.92 Å². The Morgan fingerprint density at radius 3 is 3.10 bits per heavy atom. The topological polar surface area (TPSA) is 82.9 Å². The molecule has 2 rings (SSSR count). The molecule has 21 heavy (non-hydrogen) atoms. The fourth-order valence-corrected chi connectivity index (χ4v) is 2.16. The van der Waals surface area contributed by atoms with Crippen molar-refractivity contribution in [2.24, 2.45) is 0 Å². The predicted molar refractivity (Wildman–Crippen MR) is 75.5 cm³/mol. The molecule has 6 heteroatoms. The Morgan fingerprint density at radius 1 is 1.57 bits per heavy atom. The molecule has 2 unspecified atom stereocenters. The van der Waals surface area contributed by atoms with Gasteiger partial charge in [-0.05, 0) is 19.1 Å². The van der Waals surface area contributed by atoms with E-state index in [4.69, 9.17) is 9.84 Å². The molecule has 1 aromatic heterocycles. The molecule has 112 valence electrons. The summed E-state index contributed by atoms with van der Waals surface area (Å²) in [6.07, 6.45) is 1.16. The first-order valence-corrected chi connectivity index (χ1v) is 6.75. The molecule has 0 aliphatic carbocycles. The molecule has 0 saturated carbocycles. The number of pyridine rings is 1. The first kappa shape index (κ1) is 15.4. The third-order valence-electron chi connectivity index (χ3n) is 3.28. The lowest BCUT2D eigenvalue weighted by molar-refractivity contribution is -0.0668. The molecule has 1 saturated heterocycles. The van der Waals surface area contributed by atoms with Crippen LogP contribution in [0.15, 0.2) is 18.3 Å². The highest BCUT2D eigenvalue weighted by Gasteiger charge is 2.31. The molecule has 0 bridgehead atoms. The molecular formula is C15H18N2O4. The highest BCUT2D eigenvalue weighted by molar-refractivity contribution is 5.95. The van der Waals surface area contributed by atoms with Crippen LogP contribution in [0.4, 0.5) is 0 Å². The van der Waals surface area contributed by atoms with E-state index >= 15 is 0 Å². The molecule has 1 aliphatic rings. The van der Waals surface area contributed by atoms with Gasteiger partial charge in [0.25, 0.3) is 5.91 Å². The lowest BCUT2D eigenvalue weighted by Gasteiger charge is -2.37. The second kappa shape index (κ2) is 7.18. The third kappa shape index (κ3) is 3.58. The van der Waals surface area contributed by atoms with E-state index in [1.165, 1.54) is 6.20 Å². The second-order valence-corrected chi connectivity index (χ2v) is 4.80. The molecule has 0 radical (unpaired) electrons. The molecule has 1 fully saturated rings. The van der Waals surface area contributed by atoms with Crippen LogP contribution in [0.2, 0.25) is 0 Å². The van der Waals surface area contributed by atoms with Gasteiger partial charge >= 0.3 is 0 Å². The molecule has 0 aromatic carbocycles. The maximum absolute atomic E-state index is 12.7. The Balaban J connectivity index is 2.26. The van der Waals surface area contributed by atoms with Crippen LogP contribution in [-0.4, -0.2) is 64.5 Å². The molecule has 1 aliphatic heterocycles. The zero-order chi connectivity index (χ0) is 15.2. The van der Waals surface area contributed by atoms with E-state index in [-0.39, 0.29) is 37.0 Å². The Labute approximate surface area is 123 Å². The van der Waals surface area contributed by atoms with Crippen molar-refractivity contribution in [3.05, 3.63) is 29.6 Å². The van der Waals surface area contributed by atoms with Crippen LogP contribution in [0.3, 0.4) is 0 Å². The normalized spacial score (nSPS) is 21.6. The summed E-state index contributed by atoms with van der Waals surface area (Å²) in [5.74, 6) is 5.01. The van der Waals surface area contributed by atoms with Crippen molar-refractivity contribution in [3.8, 4) is 11.8 Å². The van der Waals surface area contributed by atoms with Gasteiger partial charge in [-0.1, -0.05) is 11.8 Å². The Kier molecular flexibility index (Phi) is 5.28. The van der Waals surface area contributed by atoms with Gasteiger partial charge in [0.2, 0.25) is 0 Å². The molecule has 2 atom stereocenters. The largest absolute Gasteiger partial charge is 0.394 e. The smallest absolute Gasteiger partial charge is 0.274 e. The number of aromatic nitrogens is 1. The monoisotopic (exact) mass is 290 g/mol. The maximum atomic E-state index is 12.7. The minimum atomic E-state index is -0.374. The first-order chi connectivity index (χ1) is 10.2. The van der Waals surface area contributed by atoms with Gasteiger partial charge in [-0.15, -0.1) is 0 Å². The van der Waals surface area contributed by atoms with Crippen LogP contribution in [0.25, 0.3) is 0 Å². The number of rotatable bonds is 2. The summed E-state index contributed by atoms with van der Waals surface area (Å²) in [7, 11) is 0. The summed E-state index contributed by atoms with van der Waals surface area (Å²) in [5.41, 5.74) is 0.736. The van der Waals surface area contributed by atoms with Crippen molar-refractivity contribution in [3.63, 3.8) is 0 Å². The first-order valence-electron chi connectivity index (χ1n) is 6.75. The summed E-state index contributed by atoms with van der Waals surface area (Å²) in [5, 5.41) is 18.0. The van der Waals surface area contributed by atoms with Gasteiger partial charge in [0.15, 0.2) is 0 Å². The van der Waals surface area contributed by atoms with E-state index < -0.39 is 0 Å². The Bertz CT molecular complexity index is 564. The number of nitrogens with zero attached hydrogens (tertiary/aromatic N) is 2. The molecular weight excluding hydrogens is 272 g/mol. The van der Waals surface area contributed by atoms with Gasteiger partial charge < -0.3 is 19.8 Å².